The Hall–Kier alpha value is -1.55. The number of hydrogen-bond donors (Lipinski definition) is 2. The first-order chi connectivity index (χ1) is 11.2. The van der Waals surface area contributed by atoms with Gasteiger partial charge in [-0.15, -0.1) is 0 Å². The van der Waals surface area contributed by atoms with Gasteiger partial charge in [0.25, 0.3) is 5.91 Å². The molecule has 23 heavy (non-hydrogen) atoms. The highest BCUT2D eigenvalue weighted by Gasteiger charge is 2.41. The van der Waals surface area contributed by atoms with E-state index < -0.39 is 0 Å². The number of aliphatic hydroxyl groups is 1. The number of piperidine rings is 1. The number of anilines is 1. The molecule has 1 aliphatic heterocycles. The van der Waals surface area contributed by atoms with E-state index in [9.17, 15) is 9.90 Å². The van der Waals surface area contributed by atoms with Crippen LogP contribution in [0.25, 0.3) is 0 Å². The zero-order chi connectivity index (χ0) is 15.8. The Morgan fingerprint density at radius 2 is 1.91 bits per heavy atom. The van der Waals surface area contributed by atoms with Crippen LogP contribution in [0.1, 0.15) is 48.9 Å². The number of carbonyl (C=O) groups is 1. The van der Waals surface area contributed by atoms with E-state index in [1.54, 1.807) is 4.90 Å². The van der Waals surface area contributed by atoms with Gasteiger partial charge in [-0.3, -0.25) is 4.79 Å². The number of nitrogens with zero attached hydrogens (tertiary/aromatic N) is 1. The standard InChI is InChI=1S/C19H26N2O2/c22-17-5-2-10-21(12-17)19(23)15-3-1-4-16(11-15)20-18(13-6-7-13)14-8-9-14/h1,3-4,11,13-14,17-18,20,22H,2,5-10,12H2. The average molecular weight is 314 g/mol. The summed E-state index contributed by atoms with van der Waals surface area (Å²) in [6.45, 7) is 1.21. The highest BCUT2D eigenvalue weighted by molar-refractivity contribution is 5.95. The molecule has 0 aromatic heterocycles. The van der Waals surface area contributed by atoms with Crippen molar-refractivity contribution in [2.45, 2.75) is 50.7 Å². The van der Waals surface area contributed by atoms with Crippen LogP contribution in [0.15, 0.2) is 24.3 Å². The van der Waals surface area contributed by atoms with Gasteiger partial charge >= 0.3 is 0 Å². The van der Waals surface area contributed by atoms with Crippen LogP contribution in [-0.4, -0.2) is 41.1 Å². The van der Waals surface area contributed by atoms with E-state index in [-0.39, 0.29) is 12.0 Å². The Balaban J connectivity index is 1.45. The lowest BCUT2D eigenvalue weighted by Gasteiger charge is -2.30. The minimum Gasteiger partial charge on any atom is -0.391 e. The van der Waals surface area contributed by atoms with Crippen LogP contribution >= 0.6 is 0 Å². The van der Waals surface area contributed by atoms with Crippen LogP contribution in [-0.2, 0) is 0 Å². The first-order valence-electron chi connectivity index (χ1n) is 9.04. The third-order valence-electron chi connectivity index (χ3n) is 5.39. The van der Waals surface area contributed by atoms with Gasteiger partial charge in [-0.2, -0.15) is 0 Å². The van der Waals surface area contributed by atoms with Crippen LogP contribution < -0.4 is 5.32 Å². The van der Waals surface area contributed by atoms with Crippen LogP contribution in [0.5, 0.6) is 0 Å². The molecule has 0 bridgehead atoms. The molecule has 124 valence electrons. The second-order valence-electron chi connectivity index (χ2n) is 7.47. The number of hydrogen-bond acceptors (Lipinski definition) is 3. The van der Waals surface area contributed by atoms with Crippen molar-refractivity contribution in [1.29, 1.82) is 0 Å². The van der Waals surface area contributed by atoms with Crippen LogP contribution in [0.3, 0.4) is 0 Å². The third-order valence-corrected chi connectivity index (χ3v) is 5.39. The average Bonchev–Trinajstić information content (AvgIpc) is 3.46. The highest BCUT2D eigenvalue weighted by atomic mass is 16.3. The van der Waals surface area contributed by atoms with Crippen molar-refractivity contribution in [3.63, 3.8) is 0 Å². The molecule has 4 nitrogen and oxygen atoms in total. The molecule has 1 aromatic carbocycles. The maximum Gasteiger partial charge on any atom is 0.254 e. The number of carbonyl (C=O) groups excluding carboxylic acids is 1. The summed E-state index contributed by atoms with van der Waals surface area (Å²) >= 11 is 0. The van der Waals surface area contributed by atoms with Gasteiger partial charge in [-0.05, 0) is 68.6 Å². The first-order valence-corrected chi connectivity index (χ1v) is 9.04. The molecule has 1 unspecified atom stereocenters. The maximum atomic E-state index is 12.7. The summed E-state index contributed by atoms with van der Waals surface area (Å²) in [7, 11) is 0. The molecular formula is C19H26N2O2. The molecule has 2 saturated carbocycles. The fraction of sp³-hybridized carbons (Fsp3) is 0.632. The van der Waals surface area contributed by atoms with E-state index in [1.165, 1.54) is 25.7 Å². The summed E-state index contributed by atoms with van der Waals surface area (Å²) in [5.41, 5.74) is 1.80. The predicted molar refractivity (Wildman–Crippen MR) is 90.4 cm³/mol. The Kier molecular flexibility index (Phi) is 4.02. The van der Waals surface area contributed by atoms with Crippen molar-refractivity contribution >= 4 is 11.6 Å². The fourth-order valence-electron chi connectivity index (χ4n) is 3.79. The molecule has 4 rings (SSSR count). The summed E-state index contributed by atoms with van der Waals surface area (Å²) in [4.78, 5) is 14.4. The Labute approximate surface area is 137 Å². The Morgan fingerprint density at radius 3 is 2.57 bits per heavy atom. The fourth-order valence-corrected chi connectivity index (χ4v) is 3.79. The van der Waals surface area contributed by atoms with Gasteiger partial charge in [0, 0.05) is 30.4 Å². The topological polar surface area (TPSA) is 52.6 Å². The molecule has 3 aliphatic rings. The van der Waals surface area contributed by atoms with Gasteiger partial charge in [0.15, 0.2) is 0 Å². The maximum absolute atomic E-state index is 12.7. The minimum atomic E-state index is -0.372. The second-order valence-corrected chi connectivity index (χ2v) is 7.47. The van der Waals surface area contributed by atoms with Crippen molar-refractivity contribution in [2.24, 2.45) is 11.8 Å². The van der Waals surface area contributed by atoms with Gasteiger partial charge in [0.1, 0.15) is 0 Å². The van der Waals surface area contributed by atoms with Crippen LogP contribution in [0.2, 0.25) is 0 Å². The summed E-state index contributed by atoms with van der Waals surface area (Å²) in [6, 6.07) is 8.50. The highest BCUT2D eigenvalue weighted by Crippen LogP contribution is 2.45. The van der Waals surface area contributed by atoms with Gasteiger partial charge in [-0.25, -0.2) is 0 Å². The van der Waals surface area contributed by atoms with Crippen molar-refractivity contribution in [2.75, 3.05) is 18.4 Å². The number of nitrogens with one attached hydrogen (secondary N) is 1. The molecular weight excluding hydrogens is 288 g/mol. The Morgan fingerprint density at radius 1 is 1.17 bits per heavy atom. The molecule has 0 spiro atoms. The largest absolute Gasteiger partial charge is 0.391 e. The zero-order valence-corrected chi connectivity index (χ0v) is 13.6. The number of likely N-dealkylation sites (tertiary alicyclic amines) is 1. The molecule has 2 N–H and O–H groups in total. The summed E-state index contributed by atoms with van der Waals surface area (Å²) in [6.07, 6.45) is 6.70. The number of β-amino-alcohol motifs (C(OH)–C–C–N with tert-alkyl or cyclic N) is 1. The Bertz CT molecular complexity index is 568. The van der Waals surface area contributed by atoms with Crippen molar-refractivity contribution in [3.05, 3.63) is 29.8 Å². The van der Waals surface area contributed by atoms with E-state index in [1.807, 2.05) is 18.2 Å². The molecule has 1 saturated heterocycles. The van der Waals surface area contributed by atoms with Gasteiger partial charge in [0.05, 0.1) is 6.10 Å². The van der Waals surface area contributed by atoms with E-state index in [4.69, 9.17) is 0 Å². The summed E-state index contributed by atoms with van der Waals surface area (Å²) in [5.74, 6) is 1.71. The lowest BCUT2D eigenvalue weighted by molar-refractivity contribution is 0.0474. The molecule has 3 fully saturated rings. The van der Waals surface area contributed by atoms with Crippen LogP contribution in [0.4, 0.5) is 5.69 Å². The zero-order valence-electron chi connectivity index (χ0n) is 13.6. The lowest BCUT2D eigenvalue weighted by atomic mass is 10.0. The van der Waals surface area contributed by atoms with E-state index in [0.29, 0.717) is 12.6 Å². The number of rotatable bonds is 5. The molecule has 4 heteroatoms. The van der Waals surface area contributed by atoms with Crippen molar-refractivity contribution < 1.29 is 9.90 Å². The van der Waals surface area contributed by atoms with Crippen molar-refractivity contribution in [1.82, 2.24) is 4.90 Å². The molecule has 2 aliphatic carbocycles. The molecule has 0 radical (unpaired) electrons. The van der Waals surface area contributed by atoms with E-state index >= 15 is 0 Å². The summed E-state index contributed by atoms with van der Waals surface area (Å²) < 4.78 is 0. The number of aliphatic hydroxyl groups excluding tert-OH is 1. The third kappa shape index (κ3) is 3.52. The lowest BCUT2D eigenvalue weighted by Crippen LogP contribution is -2.42. The number of amides is 1. The SMILES string of the molecule is O=C(c1cccc(NC(C2CC2)C2CC2)c1)N1CCCC(O)C1. The summed E-state index contributed by atoms with van der Waals surface area (Å²) in [5, 5.41) is 13.5. The van der Waals surface area contributed by atoms with Gasteiger partial charge < -0.3 is 15.3 Å². The number of benzene rings is 1. The smallest absolute Gasteiger partial charge is 0.254 e. The molecule has 1 atom stereocenters. The monoisotopic (exact) mass is 314 g/mol. The minimum absolute atomic E-state index is 0.0433. The predicted octanol–water partition coefficient (Wildman–Crippen LogP) is 2.88. The van der Waals surface area contributed by atoms with E-state index in [2.05, 4.69) is 11.4 Å². The molecule has 1 amide bonds. The van der Waals surface area contributed by atoms with Gasteiger partial charge in [0.2, 0.25) is 0 Å². The quantitative estimate of drug-likeness (QED) is 0.878. The first kappa shape index (κ1) is 15.0. The van der Waals surface area contributed by atoms with Gasteiger partial charge in [-0.1, -0.05) is 6.07 Å². The van der Waals surface area contributed by atoms with E-state index in [0.717, 1.165) is 42.5 Å². The van der Waals surface area contributed by atoms with Crippen molar-refractivity contribution in [3.8, 4) is 0 Å². The normalized spacial score (nSPS) is 24.8. The second kappa shape index (κ2) is 6.16. The van der Waals surface area contributed by atoms with Crippen LogP contribution in [0, 0.1) is 11.8 Å². The molecule has 1 aromatic rings. The molecule has 1 heterocycles.